The zero-order chi connectivity index (χ0) is 27.2. The lowest BCUT2D eigenvalue weighted by Crippen LogP contribution is -2.58. The molecule has 2 N–H and O–H groups in total. The third kappa shape index (κ3) is 5.16. The fourth-order valence-electron chi connectivity index (χ4n) is 4.58. The Balaban J connectivity index is 1.32. The summed E-state index contributed by atoms with van der Waals surface area (Å²) >= 11 is 19.5. The lowest BCUT2D eigenvalue weighted by atomic mass is 9.85. The van der Waals surface area contributed by atoms with Crippen LogP contribution in [0.2, 0.25) is 15.1 Å². The van der Waals surface area contributed by atoms with E-state index in [-0.39, 0.29) is 25.3 Å². The molecule has 0 radical (unpaired) electrons. The van der Waals surface area contributed by atoms with E-state index in [2.05, 4.69) is 11.7 Å². The number of carboxylic acids is 1. The van der Waals surface area contributed by atoms with E-state index < -0.39 is 11.6 Å². The number of aliphatic carboxylic acids is 1. The Morgan fingerprint density at radius 1 is 1.21 bits per heavy atom. The Hall–Kier alpha value is -2.97. The largest absolute Gasteiger partial charge is 0.489 e. The number of hydrogen-bond donors (Lipinski definition) is 2. The summed E-state index contributed by atoms with van der Waals surface area (Å²) in [5, 5.41) is 25.8. The number of carboxylic acid groups (broad SMARTS) is 1. The average molecular weight is 576 g/mol. The Morgan fingerprint density at radius 3 is 2.50 bits per heavy atom. The van der Waals surface area contributed by atoms with Gasteiger partial charge in [0.05, 0.1) is 39.3 Å². The second-order valence-corrected chi connectivity index (χ2v) is 10.9. The van der Waals surface area contributed by atoms with Gasteiger partial charge < -0.3 is 24.4 Å². The Labute approximate surface area is 234 Å². The number of carbonyl (C=O) groups is 1. The molecular formula is C28H25Cl3N2O5. The Bertz CT molecular complexity index is 1430. The van der Waals surface area contributed by atoms with E-state index in [1.165, 1.54) is 6.08 Å². The lowest BCUT2D eigenvalue weighted by molar-refractivity contribution is -0.132. The van der Waals surface area contributed by atoms with Gasteiger partial charge in [-0.05, 0) is 50.1 Å². The summed E-state index contributed by atoms with van der Waals surface area (Å²) in [5.74, 6) is 0.502. The maximum absolute atomic E-state index is 11.1. The second-order valence-electron chi connectivity index (χ2n) is 9.68. The first kappa shape index (κ1) is 26.6. The first-order chi connectivity index (χ1) is 18.1. The molecule has 1 saturated carbocycles. The van der Waals surface area contributed by atoms with Gasteiger partial charge in [0.1, 0.15) is 29.4 Å². The number of benzene rings is 2. The van der Waals surface area contributed by atoms with E-state index in [0.29, 0.717) is 49.3 Å². The van der Waals surface area contributed by atoms with E-state index in [1.54, 1.807) is 43.3 Å². The number of nitrogens with zero attached hydrogens (tertiary/aromatic N) is 2. The highest BCUT2D eigenvalue weighted by atomic mass is 35.5. The van der Waals surface area contributed by atoms with Crippen molar-refractivity contribution in [1.82, 2.24) is 10.1 Å². The van der Waals surface area contributed by atoms with Crippen LogP contribution in [-0.4, -0.2) is 39.3 Å². The molecule has 0 bridgehead atoms. The molecule has 198 valence electrons. The number of halogens is 3. The fourth-order valence-corrected chi connectivity index (χ4v) is 5.50. The van der Waals surface area contributed by atoms with Crippen molar-refractivity contribution in [3.63, 3.8) is 0 Å². The topological polar surface area (TPSA) is 96.0 Å². The third-order valence-electron chi connectivity index (χ3n) is 6.85. The van der Waals surface area contributed by atoms with Crippen molar-refractivity contribution in [2.75, 3.05) is 13.1 Å². The van der Waals surface area contributed by atoms with Gasteiger partial charge in [0, 0.05) is 22.7 Å². The molecule has 2 heterocycles. The van der Waals surface area contributed by atoms with Crippen molar-refractivity contribution in [3.05, 3.63) is 92.3 Å². The predicted molar refractivity (Wildman–Crippen MR) is 146 cm³/mol. The molecule has 38 heavy (non-hydrogen) atoms. The zero-order valence-electron chi connectivity index (χ0n) is 20.5. The summed E-state index contributed by atoms with van der Waals surface area (Å²) in [6.45, 7) is 6.02. The maximum Gasteiger partial charge on any atom is 0.335 e. The molecule has 0 amide bonds. The number of allylic oxidation sites excluding steroid dienone is 1. The summed E-state index contributed by atoms with van der Waals surface area (Å²) < 4.78 is 11.8. The van der Waals surface area contributed by atoms with Crippen molar-refractivity contribution >= 4 is 40.8 Å². The predicted octanol–water partition coefficient (Wildman–Crippen LogP) is 6.81. The normalized spacial score (nSPS) is 16.8. The van der Waals surface area contributed by atoms with Crippen LogP contribution >= 0.6 is 34.8 Å². The monoisotopic (exact) mass is 574 g/mol. The molecule has 10 heteroatoms. The number of aromatic nitrogens is 1. The number of hydrogen-bond acceptors (Lipinski definition) is 6. The van der Waals surface area contributed by atoms with Crippen LogP contribution in [0, 0.1) is 0 Å². The average Bonchev–Trinajstić information content (AvgIpc) is 3.60. The SMILES string of the molecule is C=C(/C=C(\C)N1CC(O)(c2ccc(OCc3c(-c4c(Cl)cccc4Cl)noc3C3CC3)cc2Cl)C1)C(=O)O. The fraction of sp³-hybridized carbons (Fsp3) is 0.286. The van der Waals surface area contributed by atoms with Crippen molar-refractivity contribution in [3.8, 4) is 17.0 Å². The van der Waals surface area contributed by atoms with Crippen LogP contribution in [-0.2, 0) is 17.0 Å². The van der Waals surface area contributed by atoms with Gasteiger partial charge in [-0.1, -0.05) is 58.7 Å². The van der Waals surface area contributed by atoms with Gasteiger partial charge in [0.25, 0.3) is 0 Å². The summed E-state index contributed by atoms with van der Waals surface area (Å²) in [5.41, 5.74) is 2.04. The molecule has 1 aliphatic carbocycles. The Morgan fingerprint density at radius 2 is 1.89 bits per heavy atom. The minimum absolute atomic E-state index is 0.0184. The molecule has 1 aliphatic heterocycles. The highest BCUT2D eigenvalue weighted by molar-refractivity contribution is 6.39. The lowest BCUT2D eigenvalue weighted by Gasteiger charge is -2.49. The van der Waals surface area contributed by atoms with Crippen LogP contribution in [0.5, 0.6) is 5.75 Å². The van der Waals surface area contributed by atoms with Crippen molar-refractivity contribution in [2.45, 2.75) is 37.9 Å². The summed E-state index contributed by atoms with van der Waals surface area (Å²) in [4.78, 5) is 12.9. The highest BCUT2D eigenvalue weighted by Gasteiger charge is 2.44. The number of rotatable bonds is 9. The van der Waals surface area contributed by atoms with Gasteiger partial charge in [-0.2, -0.15) is 0 Å². The quantitative estimate of drug-likeness (QED) is 0.214. The molecule has 0 unspecified atom stereocenters. The van der Waals surface area contributed by atoms with E-state index in [4.69, 9.17) is 49.2 Å². The zero-order valence-corrected chi connectivity index (χ0v) is 22.8. The number of β-amino-alcohol motifs (C(OH)–C–C–N with tert-alkyl or cyclic N) is 1. The summed E-state index contributed by atoms with van der Waals surface area (Å²) in [7, 11) is 0. The van der Waals surface area contributed by atoms with Crippen LogP contribution in [0.4, 0.5) is 0 Å². The number of aliphatic hydroxyl groups is 1. The van der Waals surface area contributed by atoms with Gasteiger partial charge in [-0.3, -0.25) is 0 Å². The van der Waals surface area contributed by atoms with Crippen LogP contribution < -0.4 is 4.74 Å². The van der Waals surface area contributed by atoms with E-state index >= 15 is 0 Å². The Kier molecular flexibility index (Phi) is 7.22. The van der Waals surface area contributed by atoms with Crippen LogP contribution in [0.3, 0.4) is 0 Å². The minimum Gasteiger partial charge on any atom is -0.489 e. The number of likely N-dealkylation sites (tertiary alicyclic amines) is 1. The molecule has 1 saturated heterocycles. The molecular weight excluding hydrogens is 551 g/mol. The second kappa shape index (κ2) is 10.3. The van der Waals surface area contributed by atoms with Crippen molar-refractivity contribution in [2.24, 2.45) is 0 Å². The standard InChI is InChI=1S/C28H25Cl3N2O5/c1-15(27(34)35)10-16(2)33-13-28(36,14-33)20-9-8-18(11-23(20)31)37-12-19-25(32-38-26(19)17-6-7-17)24-21(29)4-3-5-22(24)30/h3-5,8-11,17,36H,1,6-7,12-14H2,2H3,(H,34,35)/b16-10+. The molecule has 2 fully saturated rings. The molecule has 2 aliphatic rings. The van der Waals surface area contributed by atoms with Crippen LogP contribution in [0.1, 0.15) is 42.6 Å². The highest BCUT2D eigenvalue weighted by Crippen LogP contribution is 2.46. The third-order valence-corrected chi connectivity index (χ3v) is 7.80. The van der Waals surface area contributed by atoms with Crippen LogP contribution in [0.25, 0.3) is 11.3 Å². The van der Waals surface area contributed by atoms with E-state index in [9.17, 15) is 9.90 Å². The van der Waals surface area contributed by atoms with Gasteiger partial charge in [-0.25, -0.2) is 4.79 Å². The molecule has 1 aromatic heterocycles. The number of ether oxygens (including phenoxy) is 1. The summed E-state index contributed by atoms with van der Waals surface area (Å²) in [6, 6.07) is 10.4. The van der Waals surface area contributed by atoms with Crippen LogP contribution in [0.15, 0.2) is 64.8 Å². The molecule has 0 spiro atoms. The van der Waals surface area contributed by atoms with E-state index in [0.717, 1.165) is 24.2 Å². The molecule has 7 nitrogen and oxygen atoms in total. The smallest absolute Gasteiger partial charge is 0.335 e. The molecule has 2 aromatic carbocycles. The van der Waals surface area contributed by atoms with Gasteiger partial charge in [0.2, 0.25) is 0 Å². The van der Waals surface area contributed by atoms with Crippen molar-refractivity contribution < 1.29 is 24.3 Å². The molecule has 3 aromatic rings. The molecule has 5 rings (SSSR count). The molecule has 0 atom stereocenters. The minimum atomic E-state index is -1.17. The van der Waals surface area contributed by atoms with Crippen molar-refractivity contribution in [1.29, 1.82) is 0 Å². The summed E-state index contributed by atoms with van der Waals surface area (Å²) in [6.07, 6.45) is 3.52. The van der Waals surface area contributed by atoms with Gasteiger partial charge in [-0.15, -0.1) is 0 Å². The van der Waals surface area contributed by atoms with Gasteiger partial charge in [0.15, 0.2) is 0 Å². The maximum atomic E-state index is 11.1. The first-order valence-corrected chi connectivity index (χ1v) is 13.1. The first-order valence-electron chi connectivity index (χ1n) is 12.0. The van der Waals surface area contributed by atoms with E-state index in [1.807, 2.05) is 4.90 Å². The van der Waals surface area contributed by atoms with Gasteiger partial charge >= 0.3 is 5.97 Å².